The molecule has 10 nitrogen and oxygen atoms in total. The predicted octanol–water partition coefficient (Wildman–Crippen LogP) is 6.33. The molecule has 3 heterocycles. The van der Waals surface area contributed by atoms with E-state index in [-0.39, 0.29) is 5.69 Å². The van der Waals surface area contributed by atoms with Gasteiger partial charge in [-0.1, -0.05) is 30.3 Å². The van der Waals surface area contributed by atoms with Crippen LogP contribution in [0.4, 0.5) is 21.6 Å². The summed E-state index contributed by atoms with van der Waals surface area (Å²) >= 11 is 3.53. The van der Waals surface area contributed by atoms with Crippen LogP contribution in [-0.4, -0.2) is 63.2 Å². The van der Waals surface area contributed by atoms with Crippen molar-refractivity contribution in [2.45, 2.75) is 6.92 Å². The lowest BCUT2D eigenvalue weighted by Gasteiger charge is -2.46. The van der Waals surface area contributed by atoms with E-state index in [1.54, 1.807) is 28.9 Å². The summed E-state index contributed by atoms with van der Waals surface area (Å²) in [5.41, 5.74) is 2.39. The normalized spacial score (nSPS) is 19.0. The highest BCUT2D eigenvalue weighted by molar-refractivity contribution is 9.10. The Morgan fingerprint density at radius 1 is 1.07 bits per heavy atom. The number of hydrogen-bond donors (Lipinski definition) is 0. The summed E-state index contributed by atoms with van der Waals surface area (Å²) in [5.74, 6) is 0.599. The van der Waals surface area contributed by atoms with Crippen LogP contribution < -0.4 is 5.30 Å². The smallest absolute Gasteiger partial charge is 0.270 e. The van der Waals surface area contributed by atoms with Crippen molar-refractivity contribution in [1.82, 2.24) is 19.1 Å². The van der Waals surface area contributed by atoms with E-state index in [1.807, 2.05) is 49.0 Å². The van der Waals surface area contributed by atoms with Gasteiger partial charge in [-0.15, -0.1) is 0 Å². The van der Waals surface area contributed by atoms with Crippen LogP contribution in [0.5, 0.6) is 0 Å². The van der Waals surface area contributed by atoms with Crippen molar-refractivity contribution in [1.29, 1.82) is 0 Å². The summed E-state index contributed by atoms with van der Waals surface area (Å²) in [7, 11) is -1.09. The largest absolute Gasteiger partial charge is 0.379 e. The van der Waals surface area contributed by atoms with Crippen molar-refractivity contribution in [3.63, 3.8) is 0 Å². The molecule has 210 valence electrons. The average Bonchev–Trinajstić information content (AvgIpc) is 3.32. The van der Waals surface area contributed by atoms with Crippen LogP contribution in [0.2, 0.25) is 0 Å². The third-order valence-corrected chi connectivity index (χ3v) is 11.6. The molecule has 1 aromatic heterocycles. The second-order valence-electron chi connectivity index (χ2n) is 9.57. The van der Waals surface area contributed by atoms with Crippen LogP contribution in [0.15, 0.2) is 87.0 Å². The number of halogens is 2. The van der Waals surface area contributed by atoms with Gasteiger partial charge in [-0.3, -0.25) is 10.1 Å². The Balaban J connectivity index is 1.72. The molecule has 0 bridgehead atoms. The van der Waals surface area contributed by atoms with Gasteiger partial charge < -0.3 is 9.41 Å². The summed E-state index contributed by atoms with van der Waals surface area (Å²) in [4.78, 5) is 16.1. The van der Waals surface area contributed by atoms with Gasteiger partial charge in [-0.2, -0.15) is 5.10 Å². The molecule has 0 amide bonds. The lowest BCUT2D eigenvalue weighted by atomic mass is 10.2. The minimum absolute atomic E-state index is 0.0473. The minimum atomic E-state index is -2.98. The lowest BCUT2D eigenvalue weighted by molar-refractivity contribution is -0.384. The van der Waals surface area contributed by atoms with E-state index in [0.29, 0.717) is 53.7 Å². The number of aromatic nitrogens is 2. The molecule has 4 aromatic rings. The summed E-state index contributed by atoms with van der Waals surface area (Å²) in [5, 5.41) is 17.2. The van der Waals surface area contributed by atoms with Crippen LogP contribution in [0.1, 0.15) is 11.3 Å². The Bertz CT molecular complexity index is 1740. The van der Waals surface area contributed by atoms with Crippen LogP contribution in [0.25, 0.3) is 5.69 Å². The summed E-state index contributed by atoms with van der Waals surface area (Å²) in [6, 6.07) is 20.8. The Kier molecular flexibility index (Phi) is 7.33. The highest BCUT2D eigenvalue weighted by Crippen LogP contribution is 2.62. The quantitative estimate of drug-likeness (QED) is 0.144. The SMILES string of the molecule is Cc1nn(-c2ccccc2)c2c1[P@](=Nc1ccc([N+](=O)[O-])cc1Br)(N1CCOCC1)N(C)C(c1ccccc1F)=N2. The number of nitrogens with zero attached hydrogens (tertiary/aromatic N) is 7. The fourth-order valence-electron chi connectivity index (χ4n) is 5.22. The number of nitro benzene ring substituents is 1. The van der Waals surface area contributed by atoms with Gasteiger partial charge in [-0.25, -0.2) is 23.5 Å². The van der Waals surface area contributed by atoms with Crippen molar-refractivity contribution in [2.75, 3.05) is 33.4 Å². The zero-order valence-corrected chi connectivity index (χ0v) is 24.8. The van der Waals surface area contributed by atoms with Gasteiger partial charge in [0, 0.05) is 32.3 Å². The molecule has 3 aromatic carbocycles. The fraction of sp³-hybridized carbons (Fsp3) is 0.214. The second-order valence-corrected chi connectivity index (χ2v) is 13.4. The van der Waals surface area contributed by atoms with Gasteiger partial charge >= 0.3 is 0 Å². The first-order chi connectivity index (χ1) is 19.8. The number of benzene rings is 3. The van der Waals surface area contributed by atoms with E-state index in [4.69, 9.17) is 19.6 Å². The van der Waals surface area contributed by atoms with Crippen LogP contribution in [0, 0.1) is 22.9 Å². The molecule has 1 atom stereocenters. The Labute approximate surface area is 244 Å². The lowest BCUT2D eigenvalue weighted by Crippen LogP contribution is -2.45. The maximum atomic E-state index is 15.4. The summed E-state index contributed by atoms with van der Waals surface area (Å²) in [6.07, 6.45) is 0. The molecule has 1 fully saturated rings. The topological polar surface area (TPSA) is 101 Å². The molecule has 0 N–H and O–H groups in total. The average molecular weight is 638 g/mol. The molecule has 13 heteroatoms. The maximum Gasteiger partial charge on any atom is 0.270 e. The highest BCUT2D eigenvalue weighted by atomic mass is 79.9. The first-order valence-electron chi connectivity index (χ1n) is 12.9. The molecule has 0 aliphatic carbocycles. The summed E-state index contributed by atoms with van der Waals surface area (Å²) < 4.78 is 33.1. The molecular formula is C28H26BrFN7O3P. The molecule has 0 saturated carbocycles. The van der Waals surface area contributed by atoms with E-state index < -0.39 is 18.1 Å². The number of hydrogen-bond acceptors (Lipinski definition) is 6. The number of morpholine rings is 1. The molecule has 1 saturated heterocycles. The highest BCUT2D eigenvalue weighted by Gasteiger charge is 2.46. The van der Waals surface area contributed by atoms with Gasteiger partial charge in [0.1, 0.15) is 11.7 Å². The monoisotopic (exact) mass is 637 g/mol. The van der Waals surface area contributed by atoms with Gasteiger partial charge in [0.2, 0.25) is 0 Å². The molecule has 0 spiro atoms. The first-order valence-corrected chi connectivity index (χ1v) is 15.4. The third-order valence-electron chi connectivity index (χ3n) is 7.13. The molecule has 2 aliphatic rings. The third kappa shape index (κ3) is 4.70. The molecule has 0 radical (unpaired) electrons. The number of fused-ring (bicyclic) bond motifs is 1. The number of ether oxygens (including phenoxy) is 1. The zero-order chi connectivity index (χ0) is 28.7. The van der Waals surface area contributed by atoms with Crippen molar-refractivity contribution < 1.29 is 14.1 Å². The number of aliphatic imine (C=N–C) groups is 1. The van der Waals surface area contributed by atoms with Gasteiger partial charge in [0.05, 0.1) is 50.5 Å². The Morgan fingerprint density at radius 2 is 1.78 bits per heavy atom. The van der Waals surface area contributed by atoms with E-state index in [2.05, 4.69) is 20.6 Å². The number of amidine groups is 1. The van der Waals surface area contributed by atoms with Gasteiger partial charge in [-0.05, 0) is 53.2 Å². The van der Waals surface area contributed by atoms with Crippen molar-refractivity contribution in [3.05, 3.63) is 104 Å². The number of nitro groups is 1. The fourth-order valence-corrected chi connectivity index (χ4v) is 9.64. The number of aryl methyl sites for hydroxylation is 1. The predicted molar refractivity (Wildman–Crippen MR) is 160 cm³/mol. The molecule has 0 unspecified atom stereocenters. The Morgan fingerprint density at radius 3 is 2.46 bits per heavy atom. The number of para-hydroxylation sites is 1. The molecule has 6 rings (SSSR count). The van der Waals surface area contributed by atoms with Crippen LogP contribution in [0.3, 0.4) is 0 Å². The van der Waals surface area contributed by atoms with Crippen molar-refractivity contribution >= 4 is 51.6 Å². The van der Waals surface area contributed by atoms with E-state index >= 15 is 4.39 Å². The van der Waals surface area contributed by atoms with Crippen LogP contribution >= 0.6 is 23.3 Å². The van der Waals surface area contributed by atoms with Crippen molar-refractivity contribution in [2.24, 2.45) is 9.74 Å². The summed E-state index contributed by atoms with van der Waals surface area (Å²) in [6.45, 7) is 4.09. The van der Waals surface area contributed by atoms with E-state index in [0.717, 1.165) is 16.7 Å². The first kappa shape index (κ1) is 27.5. The van der Waals surface area contributed by atoms with Crippen molar-refractivity contribution in [3.8, 4) is 5.69 Å². The van der Waals surface area contributed by atoms with Crippen LogP contribution in [-0.2, 0) is 4.74 Å². The molecular weight excluding hydrogens is 612 g/mol. The van der Waals surface area contributed by atoms with Gasteiger partial charge in [0.25, 0.3) is 5.69 Å². The molecule has 2 aliphatic heterocycles. The minimum Gasteiger partial charge on any atom is -0.379 e. The number of rotatable bonds is 5. The van der Waals surface area contributed by atoms with Gasteiger partial charge in [0.15, 0.2) is 13.2 Å². The maximum absolute atomic E-state index is 15.4. The second kappa shape index (κ2) is 10.9. The Hall–Kier alpha value is -3.70. The van der Waals surface area contributed by atoms with E-state index in [9.17, 15) is 10.1 Å². The standard InChI is InChI=1S/C28H26BrFN7O3P/c1-19-26-28(36(32-19)20-8-4-3-5-9-20)31-27(22-10-6-7-11-24(22)30)34(2)41(26,35-14-16-40-17-15-35)33-25-13-12-21(37(38)39)18-23(25)29/h3-13,18H,14-17H2,1-2H3/t41-/m1/s1. The van der Waals surface area contributed by atoms with E-state index in [1.165, 1.54) is 18.2 Å². The molecule has 41 heavy (non-hydrogen) atoms. The number of non-ortho nitro benzene ring substituents is 1. The zero-order valence-electron chi connectivity index (χ0n) is 22.3.